The summed E-state index contributed by atoms with van der Waals surface area (Å²) in [7, 11) is 0. The van der Waals surface area contributed by atoms with Gasteiger partial charge in [-0.3, -0.25) is 4.79 Å². The fourth-order valence-electron chi connectivity index (χ4n) is 2.14. The van der Waals surface area contributed by atoms with Crippen molar-refractivity contribution in [3.63, 3.8) is 0 Å². The molecule has 0 amide bonds. The smallest absolute Gasteiger partial charge is 1.00 e. The third kappa shape index (κ3) is 1.75. The monoisotopic (exact) mass is 218 g/mol. The van der Waals surface area contributed by atoms with Crippen LogP contribution in [0.5, 0.6) is 0 Å². The number of benzene rings is 2. The van der Waals surface area contributed by atoms with Crippen LogP contribution in [0, 0.1) is 0 Å². The molecule has 1 aliphatic carbocycles. The molecular weight excluding hydrogens is 207 g/mol. The SMILES string of the molecule is O=C1c2ccccc2Cc2ccccc21.[H-].[Na+]. The molecule has 0 heterocycles. The van der Waals surface area contributed by atoms with E-state index in [1.807, 2.05) is 48.5 Å². The molecular formula is C14H11NaO. The summed E-state index contributed by atoms with van der Waals surface area (Å²) < 4.78 is 0. The van der Waals surface area contributed by atoms with E-state index >= 15 is 0 Å². The Morgan fingerprint density at radius 3 is 1.75 bits per heavy atom. The van der Waals surface area contributed by atoms with Crippen LogP contribution in [-0.4, -0.2) is 5.78 Å². The van der Waals surface area contributed by atoms with Gasteiger partial charge in [-0.15, -0.1) is 0 Å². The van der Waals surface area contributed by atoms with Crippen LogP contribution in [0.2, 0.25) is 0 Å². The summed E-state index contributed by atoms with van der Waals surface area (Å²) in [6.07, 6.45) is 0.873. The van der Waals surface area contributed by atoms with Gasteiger partial charge in [-0.25, -0.2) is 0 Å². The van der Waals surface area contributed by atoms with Gasteiger partial charge in [0.25, 0.3) is 0 Å². The number of rotatable bonds is 0. The molecule has 0 saturated heterocycles. The van der Waals surface area contributed by atoms with Crippen molar-refractivity contribution >= 4 is 5.78 Å². The molecule has 16 heavy (non-hydrogen) atoms. The van der Waals surface area contributed by atoms with Crippen LogP contribution in [-0.2, 0) is 6.42 Å². The zero-order chi connectivity index (χ0) is 10.3. The van der Waals surface area contributed by atoms with E-state index in [1.165, 1.54) is 0 Å². The zero-order valence-corrected chi connectivity index (χ0v) is 11.2. The van der Waals surface area contributed by atoms with E-state index in [9.17, 15) is 4.79 Å². The summed E-state index contributed by atoms with van der Waals surface area (Å²) in [5, 5.41) is 0. The molecule has 3 rings (SSSR count). The Kier molecular flexibility index (Phi) is 3.29. The van der Waals surface area contributed by atoms with Crippen LogP contribution in [0.4, 0.5) is 0 Å². The van der Waals surface area contributed by atoms with Crippen molar-refractivity contribution in [2.45, 2.75) is 6.42 Å². The molecule has 1 nitrogen and oxygen atoms in total. The van der Waals surface area contributed by atoms with Crippen LogP contribution in [0.1, 0.15) is 28.5 Å². The summed E-state index contributed by atoms with van der Waals surface area (Å²) in [6.45, 7) is 0. The molecule has 0 aromatic heterocycles. The molecule has 0 aliphatic heterocycles. The zero-order valence-electron chi connectivity index (χ0n) is 10.2. The molecule has 74 valence electrons. The number of fused-ring (bicyclic) bond motifs is 2. The molecule has 0 unspecified atom stereocenters. The van der Waals surface area contributed by atoms with Gasteiger partial charge in [0.15, 0.2) is 5.78 Å². The van der Waals surface area contributed by atoms with Crippen LogP contribution in [0.25, 0.3) is 0 Å². The summed E-state index contributed by atoms with van der Waals surface area (Å²) in [6, 6.07) is 15.7. The van der Waals surface area contributed by atoms with Gasteiger partial charge in [-0.2, -0.15) is 0 Å². The van der Waals surface area contributed by atoms with Gasteiger partial charge in [0, 0.05) is 11.1 Å². The molecule has 0 fully saturated rings. The minimum absolute atomic E-state index is 0. The van der Waals surface area contributed by atoms with E-state index in [0.717, 1.165) is 28.7 Å². The molecule has 0 radical (unpaired) electrons. The van der Waals surface area contributed by atoms with E-state index in [4.69, 9.17) is 0 Å². The average molecular weight is 218 g/mol. The van der Waals surface area contributed by atoms with E-state index in [-0.39, 0.29) is 36.8 Å². The molecule has 0 spiro atoms. The number of carbonyl (C=O) groups excluding carboxylic acids is 1. The number of ketones is 1. The second kappa shape index (κ2) is 4.54. The van der Waals surface area contributed by atoms with Crippen LogP contribution < -0.4 is 29.6 Å². The van der Waals surface area contributed by atoms with Gasteiger partial charge in [0.05, 0.1) is 0 Å². The fourth-order valence-corrected chi connectivity index (χ4v) is 2.14. The quantitative estimate of drug-likeness (QED) is 0.483. The van der Waals surface area contributed by atoms with Gasteiger partial charge in [-0.1, -0.05) is 48.5 Å². The third-order valence-electron chi connectivity index (χ3n) is 2.90. The van der Waals surface area contributed by atoms with Crippen molar-refractivity contribution in [3.8, 4) is 0 Å². The minimum atomic E-state index is 0. The second-order valence-electron chi connectivity index (χ2n) is 3.82. The topological polar surface area (TPSA) is 17.1 Å². The molecule has 0 saturated carbocycles. The fraction of sp³-hybridized carbons (Fsp3) is 0.0714. The van der Waals surface area contributed by atoms with Gasteiger partial charge < -0.3 is 1.43 Å². The van der Waals surface area contributed by atoms with Crippen molar-refractivity contribution in [3.05, 3.63) is 70.8 Å². The maximum absolute atomic E-state index is 12.1. The Morgan fingerprint density at radius 1 is 0.812 bits per heavy atom. The Balaban J connectivity index is 0.000000722. The predicted molar refractivity (Wildman–Crippen MR) is 60.2 cm³/mol. The van der Waals surface area contributed by atoms with Crippen molar-refractivity contribution < 1.29 is 35.8 Å². The molecule has 1 aliphatic rings. The van der Waals surface area contributed by atoms with Crippen molar-refractivity contribution in [2.75, 3.05) is 0 Å². The van der Waals surface area contributed by atoms with Crippen molar-refractivity contribution in [1.29, 1.82) is 0 Å². The Bertz CT molecular complexity index is 504. The summed E-state index contributed by atoms with van der Waals surface area (Å²) in [5.74, 6) is 0.160. The first kappa shape index (κ1) is 11.6. The van der Waals surface area contributed by atoms with Gasteiger partial charge >= 0.3 is 29.6 Å². The summed E-state index contributed by atoms with van der Waals surface area (Å²) in [5.41, 5.74) is 4.00. The normalized spacial score (nSPS) is 12.4. The van der Waals surface area contributed by atoms with Crippen LogP contribution in [0.3, 0.4) is 0 Å². The van der Waals surface area contributed by atoms with Gasteiger partial charge in [0.1, 0.15) is 0 Å². The molecule has 2 aromatic rings. The summed E-state index contributed by atoms with van der Waals surface area (Å²) in [4.78, 5) is 12.1. The van der Waals surface area contributed by atoms with E-state index in [1.54, 1.807) is 0 Å². The molecule has 0 atom stereocenters. The minimum Gasteiger partial charge on any atom is -1.00 e. The first-order valence-electron chi connectivity index (χ1n) is 5.07. The van der Waals surface area contributed by atoms with Crippen LogP contribution >= 0.6 is 0 Å². The Hall–Kier alpha value is -0.890. The first-order valence-corrected chi connectivity index (χ1v) is 5.07. The number of hydrogen-bond acceptors (Lipinski definition) is 1. The predicted octanol–water partition coefficient (Wildman–Crippen LogP) is -0.0617. The van der Waals surface area contributed by atoms with E-state index < -0.39 is 0 Å². The molecule has 0 bridgehead atoms. The molecule has 2 aromatic carbocycles. The maximum Gasteiger partial charge on any atom is 1.00 e. The number of carbonyl (C=O) groups is 1. The van der Waals surface area contributed by atoms with Crippen LogP contribution in [0.15, 0.2) is 48.5 Å². The maximum atomic E-state index is 12.1. The Morgan fingerprint density at radius 2 is 1.25 bits per heavy atom. The van der Waals surface area contributed by atoms with Gasteiger partial charge in [0.2, 0.25) is 0 Å². The molecule has 2 heteroatoms. The van der Waals surface area contributed by atoms with E-state index in [2.05, 4.69) is 0 Å². The first-order chi connectivity index (χ1) is 7.36. The number of hydrogen-bond donors (Lipinski definition) is 0. The molecule has 0 N–H and O–H groups in total. The van der Waals surface area contributed by atoms with Crippen molar-refractivity contribution in [1.82, 2.24) is 0 Å². The second-order valence-corrected chi connectivity index (χ2v) is 3.82. The summed E-state index contributed by atoms with van der Waals surface area (Å²) >= 11 is 0. The largest absolute Gasteiger partial charge is 1.00 e. The Labute approximate surface area is 118 Å². The van der Waals surface area contributed by atoms with E-state index in [0.29, 0.717) is 0 Å². The van der Waals surface area contributed by atoms with Crippen molar-refractivity contribution in [2.24, 2.45) is 0 Å². The average Bonchev–Trinajstić information content (AvgIpc) is 2.30. The third-order valence-corrected chi connectivity index (χ3v) is 2.90. The standard InChI is InChI=1S/C14H10O.Na.H/c15-14-12-7-3-1-5-10(12)9-11-6-2-4-8-13(11)14;;/h1-8H,9H2;;/q;+1;-1. The van der Waals surface area contributed by atoms with Gasteiger partial charge in [-0.05, 0) is 17.5 Å².